The van der Waals surface area contributed by atoms with Gasteiger partial charge in [-0.2, -0.15) is 0 Å². The van der Waals surface area contributed by atoms with Crippen LogP contribution in [0.25, 0.3) is 11.1 Å². The molecule has 222 valence electrons. The quantitative estimate of drug-likeness (QED) is 0.266. The van der Waals surface area contributed by atoms with E-state index in [0.717, 1.165) is 0 Å². The number of para-hydroxylation sites is 2. The number of carbonyl (C=O) groups is 2. The average molecular weight is 586 g/mol. The molecule has 0 saturated carbocycles. The Bertz CT molecular complexity index is 1390. The number of aromatic nitrogens is 1. The van der Waals surface area contributed by atoms with Gasteiger partial charge in [0.1, 0.15) is 11.1 Å². The second kappa shape index (κ2) is 13.7. The number of carbonyl (C=O) groups excluding carboxylic acids is 2. The number of Topliss-reactive ketones (excluding diaryl/α,β-unsaturated/α-hetero) is 1. The van der Waals surface area contributed by atoms with Crippen LogP contribution in [0.15, 0.2) is 59.0 Å². The number of sulfone groups is 1. The van der Waals surface area contributed by atoms with Crippen LogP contribution in [-0.2, 0) is 29.9 Å². The van der Waals surface area contributed by atoms with Crippen LogP contribution in [0.4, 0.5) is 0 Å². The van der Waals surface area contributed by atoms with Crippen LogP contribution in [0.1, 0.15) is 48.9 Å². The SMILES string of the molecule is CCC[C@H](C(=O)c1nc2ccccc2o1)C(CS(=O)(=O)Cc1ccccc1)(C(N)=O)N(CCOC)C1CCOCC1. The molecule has 10 nitrogen and oxygen atoms in total. The molecule has 1 aliphatic rings. The van der Waals surface area contributed by atoms with Crippen molar-refractivity contribution in [3.8, 4) is 0 Å². The molecule has 2 N–H and O–H groups in total. The molecule has 0 radical (unpaired) electrons. The average Bonchev–Trinajstić information content (AvgIpc) is 3.40. The molecule has 2 atom stereocenters. The van der Waals surface area contributed by atoms with E-state index >= 15 is 0 Å². The Labute approximate surface area is 241 Å². The summed E-state index contributed by atoms with van der Waals surface area (Å²) in [5.74, 6) is -3.67. The van der Waals surface area contributed by atoms with Gasteiger partial charge in [-0.05, 0) is 37.0 Å². The van der Waals surface area contributed by atoms with Gasteiger partial charge in [0.15, 0.2) is 15.4 Å². The van der Waals surface area contributed by atoms with E-state index in [-0.39, 0.29) is 37.3 Å². The summed E-state index contributed by atoms with van der Waals surface area (Å²) >= 11 is 0. The van der Waals surface area contributed by atoms with Gasteiger partial charge in [0.25, 0.3) is 5.89 Å². The Morgan fingerprint density at radius 3 is 2.44 bits per heavy atom. The van der Waals surface area contributed by atoms with Crippen molar-refractivity contribution in [2.75, 3.05) is 39.2 Å². The van der Waals surface area contributed by atoms with Gasteiger partial charge >= 0.3 is 0 Å². The molecule has 1 aliphatic heterocycles. The molecule has 2 aromatic carbocycles. The maximum Gasteiger partial charge on any atom is 0.264 e. The zero-order valence-electron chi connectivity index (χ0n) is 23.7. The second-order valence-corrected chi connectivity index (χ2v) is 12.6. The fourth-order valence-corrected chi connectivity index (χ4v) is 7.86. The van der Waals surface area contributed by atoms with Gasteiger partial charge < -0.3 is 19.6 Å². The number of nitrogens with zero attached hydrogens (tertiary/aromatic N) is 2. The van der Waals surface area contributed by atoms with Gasteiger partial charge in [-0.15, -0.1) is 0 Å². The van der Waals surface area contributed by atoms with E-state index in [1.54, 1.807) is 54.6 Å². The molecule has 2 heterocycles. The number of oxazole rings is 1. The van der Waals surface area contributed by atoms with E-state index in [0.29, 0.717) is 49.1 Å². The maximum absolute atomic E-state index is 14.3. The van der Waals surface area contributed by atoms with E-state index in [2.05, 4.69) is 4.98 Å². The number of rotatable bonds is 15. The van der Waals surface area contributed by atoms with Gasteiger partial charge in [-0.1, -0.05) is 55.8 Å². The summed E-state index contributed by atoms with van der Waals surface area (Å²) in [6.45, 7) is 3.17. The van der Waals surface area contributed by atoms with E-state index in [1.807, 2.05) is 11.8 Å². The zero-order valence-corrected chi connectivity index (χ0v) is 24.5. The molecular formula is C30H39N3O7S. The van der Waals surface area contributed by atoms with Gasteiger partial charge in [0.2, 0.25) is 11.7 Å². The fourth-order valence-electron chi connectivity index (χ4n) is 5.88. The predicted octanol–water partition coefficient (Wildman–Crippen LogP) is 3.39. The molecule has 41 heavy (non-hydrogen) atoms. The zero-order chi connectivity index (χ0) is 29.5. The molecule has 0 aliphatic carbocycles. The summed E-state index contributed by atoms with van der Waals surface area (Å²) in [4.78, 5) is 34.4. The Morgan fingerprint density at radius 2 is 1.80 bits per heavy atom. The topological polar surface area (TPSA) is 142 Å². The minimum atomic E-state index is -3.97. The highest BCUT2D eigenvalue weighted by Crippen LogP contribution is 2.38. The number of fused-ring (bicyclic) bond motifs is 1. The Kier molecular flexibility index (Phi) is 10.3. The molecule has 4 rings (SSSR count). The smallest absolute Gasteiger partial charge is 0.264 e. The van der Waals surface area contributed by atoms with Crippen molar-refractivity contribution in [2.45, 2.75) is 49.9 Å². The van der Waals surface area contributed by atoms with Crippen LogP contribution in [0.3, 0.4) is 0 Å². The first-order valence-corrected chi connectivity index (χ1v) is 15.8. The lowest BCUT2D eigenvalue weighted by atomic mass is 9.75. The molecule has 1 unspecified atom stereocenters. The number of ether oxygens (including phenoxy) is 2. The summed E-state index contributed by atoms with van der Waals surface area (Å²) in [7, 11) is -2.43. The highest BCUT2D eigenvalue weighted by Gasteiger charge is 2.56. The van der Waals surface area contributed by atoms with Gasteiger partial charge in [-0.25, -0.2) is 13.4 Å². The van der Waals surface area contributed by atoms with E-state index < -0.39 is 38.7 Å². The molecule has 0 spiro atoms. The van der Waals surface area contributed by atoms with Gasteiger partial charge in [0, 0.05) is 32.9 Å². The number of methoxy groups -OCH3 is 1. The van der Waals surface area contributed by atoms with E-state index in [9.17, 15) is 18.0 Å². The normalized spacial score (nSPS) is 17.0. The lowest BCUT2D eigenvalue weighted by Gasteiger charge is -2.49. The van der Waals surface area contributed by atoms with Crippen molar-refractivity contribution in [2.24, 2.45) is 11.7 Å². The van der Waals surface area contributed by atoms with Gasteiger partial charge in [0.05, 0.1) is 24.0 Å². The highest BCUT2D eigenvalue weighted by molar-refractivity contribution is 7.90. The first-order valence-electron chi connectivity index (χ1n) is 14.0. The number of nitrogens with two attached hydrogens (primary N) is 1. The molecule has 1 saturated heterocycles. The maximum atomic E-state index is 14.3. The molecule has 0 bridgehead atoms. The predicted molar refractivity (Wildman–Crippen MR) is 155 cm³/mol. The molecule has 1 fully saturated rings. The Balaban J connectivity index is 1.88. The van der Waals surface area contributed by atoms with Crippen LogP contribution in [-0.4, -0.2) is 80.8 Å². The number of benzene rings is 2. The summed E-state index contributed by atoms with van der Waals surface area (Å²) in [5, 5.41) is 0. The lowest BCUT2D eigenvalue weighted by molar-refractivity contribution is -0.137. The van der Waals surface area contributed by atoms with Crippen LogP contribution >= 0.6 is 0 Å². The van der Waals surface area contributed by atoms with Crippen molar-refractivity contribution >= 4 is 32.6 Å². The summed E-state index contributed by atoms with van der Waals surface area (Å²) < 4.78 is 44.7. The number of primary amides is 1. The third kappa shape index (κ3) is 7.03. The monoisotopic (exact) mass is 585 g/mol. The van der Waals surface area contributed by atoms with Crippen molar-refractivity contribution in [1.82, 2.24) is 9.88 Å². The molecule has 11 heteroatoms. The summed E-state index contributed by atoms with van der Waals surface area (Å²) in [6, 6.07) is 15.5. The first kappa shape index (κ1) is 30.8. The van der Waals surface area contributed by atoms with Crippen LogP contribution in [0.5, 0.6) is 0 Å². The standard InChI is InChI=1S/C30H39N3O7S/c1-3-9-24(27(34)28-32-25-12-7-8-13-26(25)40-28)30(29(31)35,21-41(36,37)20-22-10-5-4-6-11-22)33(16-19-38-2)23-14-17-39-18-15-23/h4-8,10-13,23-24H,3,9,14-21H2,1-2H3,(H2,31,35)/t24-,30?/m1/s1. The minimum Gasteiger partial charge on any atom is -0.434 e. The molecule has 3 aromatic rings. The van der Waals surface area contributed by atoms with Crippen LogP contribution in [0.2, 0.25) is 0 Å². The first-order chi connectivity index (χ1) is 19.7. The lowest BCUT2D eigenvalue weighted by Crippen LogP contribution is -2.70. The third-order valence-electron chi connectivity index (χ3n) is 7.75. The second-order valence-electron chi connectivity index (χ2n) is 10.5. The van der Waals surface area contributed by atoms with E-state index in [4.69, 9.17) is 19.6 Å². The number of hydrogen-bond donors (Lipinski definition) is 1. The third-order valence-corrected chi connectivity index (χ3v) is 9.40. The molecule has 1 amide bonds. The molecule has 1 aromatic heterocycles. The number of ketones is 1. The van der Waals surface area contributed by atoms with Crippen molar-refractivity contribution in [3.05, 3.63) is 66.1 Å². The summed E-state index contributed by atoms with van der Waals surface area (Å²) in [6.07, 6.45) is 1.80. The van der Waals surface area contributed by atoms with Crippen LogP contribution < -0.4 is 5.73 Å². The fraction of sp³-hybridized carbons (Fsp3) is 0.500. The van der Waals surface area contributed by atoms with Crippen molar-refractivity contribution in [1.29, 1.82) is 0 Å². The Hall–Kier alpha value is -3.12. The van der Waals surface area contributed by atoms with Crippen LogP contribution in [0, 0.1) is 5.92 Å². The number of amides is 1. The van der Waals surface area contributed by atoms with Crippen molar-refractivity contribution in [3.63, 3.8) is 0 Å². The number of hydrogen-bond acceptors (Lipinski definition) is 9. The highest BCUT2D eigenvalue weighted by atomic mass is 32.2. The summed E-state index contributed by atoms with van der Waals surface area (Å²) in [5.41, 5.74) is 5.87. The molecular weight excluding hydrogens is 546 g/mol. The Morgan fingerprint density at radius 1 is 1.12 bits per heavy atom. The van der Waals surface area contributed by atoms with E-state index in [1.165, 1.54) is 7.11 Å². The van der Waals surface area contributed by atoms with Gasteiger partial charge in [-0.3, -0.25) is 14.5 Å². The largest absolute Gasteiger partial charge is 0.434 e. The van der Waals surface area contributed by atoms with Crippen molar-refractivity contribution < 1.29 is 31.9 Å². The minimum absolute atomic E-state index is 0.172.